The predicted molar refractivity (Wildman–Crippen MR) is 131 cm³/mol. The lowest BCUT2D eigenvalue weighted by atomic mass is 10.0. The molecule has 0 bridgehead atoms. The smallest absolute Gasteiger partial charge is 0.328 e. The third-order valence-electron chi connectivity index (χ3n) is 5.24. The van der Waals surface area contributed by atoms with Crippen LogP contribution in [0.4, 0.5) is 0 Å². The maximum Gasteiger partial charge on any atom is 0.328 e. The Hall–Kier alpha value is -3.25. The molecule has 0 atom stereocenters. The molecule has 0 amide bonds. The fraction of sp³-hybridized carbons (Fsp3) is 0.308. The number of allylic oxidation sites excluding steroid dienone is 1. The highest BCUT2D eigenvalue weighted by Crippen LogP contribution is 2.31. The Morgan fingerprint density at radius 3 is 2.21 bits per heavy atom. The number of hydrogen-bond donors (Lipinski definition) is 2. The first-order chi connectivity index (χ1) is 15.8. The van der Waals surface area contributed by atoms with E-state index in [1.54, 1.807) is 7.11 Å². The normalized spacial score (nSPS) is 13.6. The zero-order valence-electron chi connectivity index (χ0n) is 18.8. The second-order valence-corrected chi connectivity index (χ2v) is 8.11. The highest BCUT2D eigenvalue weighted by Gasteiger charge is 2.12. The first-order valence-electron chi connectivity index (χ1n) is 10.8. The van der Waals surface area contributed by atoms with Crippen LogP contribution in [-0.4, -0.2) is 47.3 Å². The van der Waals surface area contributed by atoms with Crippen molar-refractivity contribution in [2.75, 3.05) is 20.2 Å². The molecule has 1 saturated heterocycles. The van der Waals surface area contributed by atoms with E-state index in [4.69, 9.17) is 26.6 Å². The number of rotatable bonds is 7. The van der Waals surface area contributed by atoms with Gasteiger partial charge in [0, 0.05) is 47.9 Å². The first kappa shape index (κ1) is 26.0. The number of carbonyl (C=O) groups is 2. The largest absolute Gasteiger partial charge is 0.497 e. The van der Waals surface area contributed by atoms with Crippen molar-refractivity contribution in [3.63, 3.8) is 0 Å². The topological polar surface area (TPSA) is 87.1 Å². The summed E-state index contributed by atoms with van der Waals surface area (Å²) < 4.78 is 5.31. The second-order valence-electron chi connectivity index (χ2n) is 7.70. The molecule has 0 aliphatic carbocycles. The van der Waals surface area contributed by atoms with Gasteiger partial charge in [-0.2, -0.15) is 0 Å². The molecular formula is C26H30ClNO5. The van der Waals surface area contributed by atoms with Crippen LogP contribution in [0.5, 0.6) is 5.75 Å². The van der Waals surface area contributed by atoms with Crippen molar-refractivity contribution in [2.24, 2.45) is 0 Å². The number of carboxylic acids is 2. The fourth-order valence-electron chi connectivity index (χ4n) is 3.57. The Balaban J connectivity index is 0.000000414. The number of hydrogen-bond acceptors (Lipinski definition) is 4. The minimum Gasteiger partial charge on any atom is -0.497 e. The highest BCUT2D eigenvalue weighted by atomic mass is 35.5. The molecule has 1 aliphatic heterocycles. The van der Waals surface area contributed by atoms with Crippen LogP contribution in [0, 0.1) is 0 Å². The number of benzene rings is 2. The molecule has 2 aromatic carbocycles. The molecule has 176 valence electrons. The lowest BCUT2D eigenvalue weighted by Gasteiger charge is -2.25. The third kappa shape index (κ3) is 9.02. The average molecular weight is 472 g/mol. The van der Waals surface area contributed by atoms with E-state index in [1.165, 1.54) is 36.9 Å². The first-order valence-corrected chi connectivity index (χ1v) is 11.2. The van der Waals surface area contributed by atoms with E-state index < -0.39 is 11.9 Å². The van der Waals surface area contributed by atoms with Crippen molar-refractivity contribution in [3.8, 4) is 16.9 Å². The van der Waals surface area contributed by atoms with Gasteiger partial charge in [-0.15, -0.1) is 0 Å². The molecular weight excluding hydrogens is 442 g/mol. The van der Waals surface area contributed by atoms with Gasteiger partial charge in [-0.1, -0.05) is 55.3 Å². The van der Waals surface area contributed by atoms with E-state index in [-0.39, 0.29) is 0 Å². The molecule has 0 unspecified atom stereocenters. The van der Waals surface area contributed by atoms with Gasteiger partial charge >= 0.3 is 11.9 Å². The third-order valence-corrected chi connectivity index (χ3v) is 5.56. The number of likely N-dealkylation sites (tertiary alicyclic amines) is 1. The monoisotopic (exact) mass is 471 g/mol. The molecule has 33 heavy (non-hydrogen) atoms. The molecule has 1 fully saturated rings. The van der Waals surface area contributed by atoms with Gasteiger partial charge in [0.2, 0.25) is 0 Å². The van der Waals surface area contributed by atoms with Crippen molar-refractivity contribution in [1.29, 1.82) is 0 Å². The van der Waals surface area contributed by atoms with Crippen LogP contribution in [0.25, 0.3) is 11.1 Å². The van der Waals surface area contributed by atoms with Crippen LogP contribution in [0.15, 0.2) is 66.9 Å². The standard InChI is InChI=1S/C22H26ClNO.C4H4O4/c1-17(24-12-5-3-4-6-13-24)14-18-10-11-21(22(23)15-18)19-8-7-9-20(16-19)25-2;5-3(6)1-2-4(7)8/h7-11,15-16H,1,3-6,12-14H2,2H3;1-2H,(H,5,6)(H,7,8). The van der Waals surface area contributed by atoms with E-state index in [9.17, 15) is 9.59 Å². The summed E-state index contributed by atoms with van der Waals surface area (Å²) in [6.45, 7) is 6.58. The van der Waals surface area contributed by atoms with Crippen LogP contribution in [-0.2, 0) is 16.0 Å². The molecule has 0 saturated carbocycles. The second kappa shape index (κ2) is 13.3. The van der Waals surface area contributed by atoms with E-state index in [0.29, 0.717) is 12.2 Å². The molecule has 2 N–H and O–H groups in total. The minimum atomic E-state index is -1.26. The van der Waals surface area contributed by atoms with Crippen LogP contribution in [0.3, 0.4) is 0 Å². The van der Waals surface area contributed by atoms with Crippen LogP contribution in [0.2, 0.25) is 5.02 Å². The summed E-state index contributed by atoms with van der Waals surface area (Å²) in [6, 6.07) is 14.3. The average Bonchev–Trinajstić information content (AvgIpc) is 3.08. The summed E-state index contributed by atoms with van der Waals surface area (Å²) in [5.74, 6) is -1.67. The van der Waals surface area contributed by atoms with Crippen LogP contribution in [0.1, 0.15) is 31.2 Å². The lowest BCUT2D eigenvalue weighted by molar-refractivity contribution is -0.134. The molecule has 1 heterocycles. The summed E-state index contributed by atoms with van der Waals surface area (Å²) in [7, 11) is 1.68. The predicted octanol–water partition coefficient (Wildman–Crippen LogP) is 5.66. The maximum atomic E-state index is 9.55. The van der Waals surface area contributed by atoms with Gasteiger partial charge in [0.15, 0.2) is 0 Å². The van der Waals surface area contributed by atoms with Gasteiger partial charge in [-0.05, 0) is 42.2 Å². The summed E-state index contributed by atoms with van der Waals surface area (Å²) in [5, 5.41) is 16.4. The van der Waals surface area contributed by atoms with Gasteiger partial charge in [0.25, 0.3) is 0 Å². The minimum absolute atomic E-state index is 0.558. The molecule has 0 aromatic heterocycles. The SMILES string of the molecule is C=C(Cc1ccc(-c2cccc(OC)c2)c(Cl)c1)N1CCCCCC1.O=C(O)C=CC(=O)O. The molecule has 6 nitrogen and oxygen atoms in total. The zero-order valence-corrected chi connectivity index (χ0v) is 19.6. The number of nitrogens with zero attached hydrogens (tertiary/aromatic N) is 1. The summed E-state index contributed by atoms with van der Waals surface area (Å²) in [6.07, 6.45) is 7.20. The number of aliphatic carboxylic acids is 2. The van der Waals surface area contributed by atoms with Crippen molar-refractivity contribution >= 4 is 23.5 Å². The maximum absolute atomic E-state index is 9.55. The summed E-state index contributed by atoms with van der Waals surface area (Å²) in [5.41, 5.74) is 4.52. The van der Waals surface area contributed by atoms with Gasteiger partial charge in [0.1, 0.15) is 5.75 Å². The van der Waals surface area contributed by atoms with E-state index in [2.05, 4.69) is 35.7 Å². The molecule has 0 spiro atoms. The Morgan fingerprint density at radius 1 is 1.03 bits per heavy atom. The molecule has 3 rings (SSSR count). The Kier molecular flexibility index (Phi) is 10.5. The quantitative estimate of drug-likeness (QED) is 0.506. The van der Waals surface area contributed by atoms with Crippen LogP contribution < -0.4 is 4.74 Å². The lowest BCUT2D eigenvalue weighted by Crippen LogP contribution is -2.24. The van der Waals surface area contributed by atoms with Gasteiger partial charge in [-0.3, -0.25) is 0 Å². The van der Waals surface area contributed by atoms with Crippen LogP contribution >= 0.6 is 11.6 Å². The van der Waals surface area contributed by atoms with Gasteiger partial charge in [0.05, 0.1) is 7.11 Å². The number of methoxy groups -OCH3 is 1. The number of carboxylic acid groups (broad SMARTS) is 2. The molecule has 7 heteroatoms. The summed E-state index contributed by atoms with van der Waals surface area (Å²) >= 11 is 6.57. The number of halogens is 1. The van der Waals surface area contributed by atoms with Crippen molar-refractivity contribution in [1.82, 2.24) is 4.90 Å². The van der Waals surface area contributed by atoms with E-state index in [1.807, 2.05) is 18.2 Å². The van der Waals surface area contributed by atoms with E-state index >= 15 is 0 Å². The Bertz CT molecular complexity index is 978. The van der Waals surface area contributed by atoms with Crippen molar-refractivity contribution in [3.05, 3.63) is 77.5 Å². The highest BCUT2D eigenvalue weighted by molar-refractivity contribution is 6.33. The Labute approximate surface area is 199 Å². The Morgan fingerprint density at radius 2 is 1.67 bits per heavy atom. The van der Waals surface area contributed by atoms with Crippen molar-refractivity contribution < 1.29 is 24.5 Å². The van der Waals surface area contributed by atoms with Crippen molar-refractivity contribution in [2.45, 2.75) is 32.1 Å². The summed E-state index contributed by atoms with van der Waals surface area (Å²) in [4.78, 5) is 21.5. The van der Waals surface area contributed by atoms with Gasteiger partial charge in [-0.25, -0.2) is 9.59 Å². The van der Waals surface area contributed by atoms with Gasteiger partial charge < -0.3 is 19.8 Å². The molecule has 0 radical (unpaired) electrons. The van der Waals surface area contributed by atoms with E-state index in [0.717, 1.165) is 41.4 Å². The number of ether oxygens (including phenoxy) is 1. The molecule has 2 aromatic rings. The molecule has 1 aliphatic rings. The fourth-order valence-corrected chi connectivity index (χ4v) is 3.88. The zero-order chi connectivity index (χ0) is 24.2.